The molecule has 0 aliphatic carbocycles. The fraction of sp³-hybridized carbons (Fsp3) is 0.250. The Morgan fingerprint density at radius 2 is 1.77 bits per heavy atom. The Hall–Kier alpha value is -2.47. The Kier molecular flexibility index (Phi) is 7.09. The summed E-state index contributed by atoms with van der Waals surface area (Å²) >= 11 is 3.38. The van der Waals surface area contributed by atoms with Crippen LogP contribution in [0.3, 0.4) is 0 Å². The third-order valence-corrected chi connectivity index (χ3v) is 4.48. The van der Waals surface area contributed by atoms with E-state index in [1.807, 2.05) is 37.3 Å². The van der Waals surface area contributed by atoms with E-state index in [4.69, 9.17) is 4.74 Å². The molecule has 0 saturated heterocycles. The van der Waals surface area contributed by atoms with Crippen molar-refractivity contribution in [3.05, 3.63) is 63.6 Å². The van der Waals surface area contributed by atoms with E-state index in [0.29, 0.717) is 5.75 Å². The SMILES string of the molecule is CCOC(=O)C(=O)CC(=O)c1cc(Br)c(C)cc1OCc1ccccc1. The zero-order valence-corrected chi connectivity index (χ0v) is 16.2. The number of esters is 1. The Morgan fingerprint density at radius 3 is 2.42 bits per heavy atom. The van der Waals surface area contributed by atoms with Gasteiger partial charge in [0.2, 0.25) is 5.78 Å². The van der Waals surface area contributed by atoms with Crippen LogP contribution in [-0.2, 0) is 20.9 Å². The van der Waals surface area contributed by atoms with E-state index in [1.165, 1.54) is 0 Å². The van der Waals surface area contributed by atoms with Crippen molar-refractivity contribution in [3.8, 4) is 5.75 Å². The Morgan fingerprint density at radius 1 is 1.08 bits per heavy atom. The first-order valence-corrected chi connectivity index (χ1v) is 8.91. The van der Waals surface area contributed by atoms with Crippen LogP contribution in [0.1, 0.15) is 34.8 Å². The van der Waals surface area contributed by atoms with Crippen molar-refractivity contribution in [1.29, 1.82) is 0 Å². The van der Waals surface area contributed by atoms with Gasteiger partial charge in [-0.05, 0) is 37.1 Å². The quantitative estimate of drug-likeness (QED) is 0.280. The summed E-state index contributed by atoms with van der Waals surface area (Å²) in [7, 11) is 0. The highest BCUT2D eigenvalue weighted by Gasteiger charge is 2.23. The fourth-order valence-corrected chi connectivity index (χ4v) is 2.60. The minimum atomic E-state index is -1.00. The van der Waals surface area contributed by atoms with Gasteiger partial charge in [0.1, 0.15) is 12.4 Å². The van der Waals surface area contributed by atoms with Gasteiger partial charge in [0.05, 0.1) is 18.6 Å². The molecule has 2 rings (SSSR count). The molecule has 0 N–H and O–H groups in total. The summed E-state index contributed by atoms with van der Waals surface area (Å²) in [6, 6.07) is 12.9. The molecule has 0 atom stereocenters. The van der Waals surface area contributed by atoms with Gasteiger partial charge in [0.15, 0.2) is 5.78 Å². The van der Waals surface area contributed by atoms with Crippen molar-refractivity contribution in [2.24, 2.45) is 0 Å². The molecule has 0 spiro atoms. The first kappa shape index (κ1) is 19.8. The van der Waals surface area contributed by atoms with Crippen LogP contribution in [0.15, 0.2) is 46.9 Å². The van der Waals surface area contributed by atoms with E-state index in [0.717, 1.165) is 15.6 Å². The van der Waals surface area contributed by atoms with Gasteiger partial charge in [0.25, 0.3) is 0 Å². The second kappa shape index (κ2) is 9.29. The van der Waals surface area contributed by atoms with Crippen molar-refractivity contribution in [3.63, 3.8) is 0 Å². The number of halogens is 1. The van der Waals surface area contributed by atoms with Gasteiger partial charge in [-0.15, -0.1) is 0 Å². The molecule has 0 heterocycles. The average molecular weight is 419 g/mol. The Labute approximate surface area is 160 Å². The second-order valence-electron chi connectivity index (χ2n) is 5.62. The largest absolute Gasteiger partial charge is 0.488 e. The monoisotopic (exact) mass is 418 g/mol. The van der Waals surface area contributed by atoms with E-state index in [1.54, 1.807) is 19.1 Å². The standard InChI is InChI=1S/C20H19BrO5/c1-3-25-20(24)18(23)11-17(22)15-10-16(21)13(2)9-19(15)26-12-14-7-5-4-6-8-14/h4-10H,3,11-12H2,1-2H3. The summed E-state index contributed by atoms with van der Waals surface area (Å²) in [5.41, 5.74) is 2.09. The highest BCUT2D eigenvalue weighted by atomic mass is 79.9. The molecule has 0 aliphatic heterocycles. The van der Waals surface area contributed by atoms with E-state index in [9.17, 15) is 14.4 Å². The van der Waals surface area contributed by atoms with Gasteiger partial charge in [0, 0.05) is 4.47 Å². The van der Waals surface area contributed by atoms with Crippen LogP contribution in [0.5, 0.6) is 5.75 Å². The van der Waals surface area contributed by atoms with Crippen molar-refractivity contribution in [2.75, 3.05) is 6.61 Å². The molecule has 0 amide bonds. The predicted octanol–water partition coefficient (Wildman–Crippen LogP) is 4.04. The molecule has 26 heavy (non-hydrogen) atoms. The summed E-state index contributed by atoms with van der Waals surface area (Å²) in [6.45, 7) is 3.84. The van der Waals surface area contributed by atoms with Gasteiger partial charge >= 0.3 is 5.97 Å². The number of ketones is 2. The molecule has 2 aromatic carbocycles. The maximum atomic E-state index is 12.5. The van der Waals surface area contributed by atoms with Gasteiger partial charge in [-0.25, -0.2) is 4.79 Å². The topological polar surface area (TPSA) is 69.7 Å². The van der Waals surface area contributed by atoms with Crippen LogP contribution in [0.4, 0.5) is 0 Å². The average Bonchev–Trinajstić information content (AvgIpc) is 2.63. The molecule has 0 saturated carbocycles. The summed E-state index contributed by atoms with van der Waals surface area (Å²) in [6.07, 6.45) is -0.559. The fourth-order valence-electron chi connectivity index (χ4n) is 2.25. The molecular formula is C20H19BrO5. The second-order valence-corrected chi connectivity index (χ2v) is 6.47. The number of carbonyl (C=O) groups is 3. The molecule has 6 heteroatoms. The summed E-state index contributed by atoms with van der Waals surface area (Å²) < 4.78 is 11.2. The zero-order valence-electron chi connectivity index (χ0n) is 14.6. The number of aryl methyl sites for hydroxylation is 1. The molecule has 0 aliphatic rings. The summed E-state index contributed by atoms with van der Waals surface area (Å²) in [4.78, 5) is 35.8. The number of ether oxygens (including phenoxy) is 2. The molecule has 5 nitrogen and oxygen atoms in total. The van der Waals surface area contributed by atoms with Crippen molar-refractivity contribution >= 4 is 33.5 Å². The lowest BCUT2D eigenvalue weighted by Crippen LogP contribution is -2.21. The van der Waals surface area contributed by atoms with E-state index in [2.05, 4.69) is 20.7 Å². The van der Waals surface area contributed by atoms with E-state index in [-0.39, 0.29) is 18.8 Å². The number of rotatable bonds is 8. The van der Waals surface area contributed by atoms with E-state index < -0.39 is 24.0 Å². The van der Waals surface area contributed by atoms with Crippen molar-refractivity contribution in [1.82, 2.24) is 0 Å². The Bertz CT molecular complexity index is 814. The number of hydrogen-bond acceptors (Lipinski definition) is 5. The van der Waals surface area contributed by atoms with E-state index >= 15 is 0 Å². The van der Waals surface area contributed by atoms with Crippen LogP contribution in [-0.4, -0.2) is 24.1 Å². The van der Waals surface area contributed by atoms with Gasteiger partial charge in [-0.1, -0.05) is 46.3 Å². The lowest BCUT2D eigenvalue weighted by atomic mass is 10.0. The maximum absolute atomic E-state index is 12.5. The molecule has 0 unspecified atom stereocenters. The number of carbonyl (C=O) groups excluding carboxylic acids is 3. The van der Waals surface area contributed by atoms with Gasteiger partial charge in [-0.2, -0.15) is 0 Å². The molecule has 136 valence electrons. The summed E-state index contributed by atoms with van der Waals surface area (Å²) in [5.74, 6) is -2.00. The zero-order chi connectivity index (χ0) is 19.1. The third-order valence-electron chi connectivity index (χ3n) is 3.62. The highest BCUT2D eigenvalue weighted by Crippen LogP contribution is 2.29. The molecule has 0 aromatic heterocycles. The summed E-state index contributed by atoms with van der Waals surface area (Å²) in [5, 5.41) is 0. The molecule has 0 radical (unpaired) electrons. The molecule has 0 fully saturated rings. The van der Waals surface area contributed by atoms with Crippen LogP contribution >= 0.6 is 15.9 Å². The minimum absolute atomic E-state index is 0.0836. The first-order chi connectivity index (χ1) is 12.4. The highest BCUT2D eigenvalue weighted by molar-refractivity contribution is 9.10. The number of benzene rings is 2. The molecule has 2 aromatic rings. The van der Waals surface area contributed by atoms with Crippen LogP contribution in [0, 0.1) is 6.92 Å². The normalized spacial score (nSPS) is 10.3. The van der Waals surface area contributed by atoms with Gasteiger partial charge < -0.3 is 9.47 Å². The number of Topliss-reactive ketones (excluding diaryl/α,β-unsaturated/α-hetero) is 2. The molecule has 0 bridgehead atoms. The first-order valence-electron chi connectivity index (χ1n) is 8.12. The minimum Gasteiger partial charge on any atom is -0.488 e. The third kappa shape index (κ3) is 5.26. The lowest BCUT2D eigenvalue weighted by Gasteiger charge is -2.13. The van der Waals surface area contributed by atoms with Crippen molar-refractivity contribution < 1.29 is 23.9 Å². The number of hydrogen-bond donors (Lipinski definition) is 0. The van der Waals surface area contributed by atoms with Crippen molar-refractivity contribution in [2.45, 2.75) is 26.9 Å². The van der Waals surface area contributed by atoms with Crippen LogP contribution < -0.4 is 4.74 Å². The molecular weight excluding hydrogens is 400 g/mol. The predicted molar refractivity (Wildman–Crippen MR) is 100 cm³/mol. The maximum Gasteiger partial charge on any atom is 0.375 e. The van der Waals surface area contributed by atoms with Crippen LogP contribution in [0.2, 0.25) is 0 Å². The smallest absolute Gasteiger partial charge is 0.375 e. The lowest BCUT2D eigenvalue weighted by molar-refractivity contribution is -0.153. The Balaban J connectivity index is 2.20. The van der Waals surface area contributed by atoms with Crippen LogP contribution in [0.25, 0.3) is 0 Å². The van der Waals surface area contributed by atoms with Gasteiger partial charge in [-0.3, -0.25) is 9.59 Å².